The zero-order chi connectivity index (χ0) is 9.68. The molecule has 0 radical (unpaired) electrons. The van der Waals surface area contributed by atoms with Crippen molar-refractivity contribution in [2.45, 2.75) is 12.3 Å². The van der Waals surface area contributed by atoms with Crippen molar-refractivity contribution in [1.29, 1.82) is 0 Å². The van der Waals surface area contributed by atoms with Crippen LogP contribution in [-0.4, -0.2) is 11.1 Å². The van der Waals surface area contributed by atoms with Crippen molar-refractivity contribution in [2.75, 3.05) is 5.33 Å². The lowest BCUT2D eigenvalue weighted by molar-refractivity contribution is -0.115. The summed E-state index contributed by atoms with van der Waals surface area (Å²) in [6.07, 6.45) is 0.482. The van der Waals surface area contributed by atoms with Crippen molar-refractivity contribution in [3.05, 3.63) is 35.4 Å². The topological polar surface area (TPSA) is 17.1 Å². The monoisotopic (exact) mass is 260 g/mol. The Balaban J connectivity index is 2.71. The fourth-order valence-electron chi connectivity index (χ4n) is 1.10. The fourth-order valence-corrected chi connectivity index (χ4v) is 1.46. The van der Waals surface area contributed by atoms with Gasteiger partial charge in [-0.1, -0.05) is 40.2 Å². The molecule has 0 aliphatic rings. The number of hydrogen-bond donors (Lipinski definition) is 0. The quantitative estimate of drug-likeness (QED) is 0.762. The molecule has 0 amide bonds. The van der Waals surface area contributed by atoms with Crippen molar-refractivity contribution < 1.29 is 4.79 Å². The molecule has 0 aliphatic carbocycles. The first-order valence-corrected chi connectivity index (χ1v) is 5.63. The van der Waals surface area contributed by atoms with Crippen molar-refractivity contribution in [1.82, 2.24) is 0 Å². The van der Waals surface area contributed by atoms with Crippen LogP contribution in [0, 0.1) is 0 Å². The van der Waals surface area contributed by atoms with Crippen LogP contribution in [0.2, 0.25) is 0 Å². The number of hydrogen-bond acceptors (Lipinski definition) is 1. The summed E-state index contributed by atoms with van der Waals surface area (Å²) in [5.74, 6) is 0.683. The second-order valence-electron chi connectivity index (χ2n) is 2.80. The molecule has 1 rings (SSSR count). The SMILES string of the molecule is O=C(CBr)Cc1cccc(CCl)c1. The third kappa shape index (κ3) is 3.49. The van der Waals surface area contributed by atoms with Crippen molar-refractivity contribution in [3.8, 4) is 0 Å². The molecular weight excluding hydrogens is 251 g/mol. The smallest absolute Gasteiger partial charge is 0.147 e. The number of carbonyl (C=O) groups is 1. The molecule has 0 fully saturated rings. The van der Waals surface area contributed by atoms with Gasteiger partial charge in [-0.15, -0.1) is 11.6 Å². The first-order chi connectivity index (χ1) is 6.26. The average Bonchev–Trinajstić information content (AvgIpc) is 2.18. The number of halogens is 2. The third-order valence-electron chi connectivity index (χ3n) is 1.70. The van der Waals surface area contributed by atoms with Crippen molar-refractivity contribution >= 4 is 33.3 Å². The van der Waals surface area contributed by atoms with Crippen LogP contribution in [0.15, 0.2) is 24.3 Å². The minimum Gasteiger partial charge on any atom is -0.298 e. The standard InChI is InChI=1S/C10H10BrClO/c11-6-10(13)5-8-2-1-3-9(4-8)7-12/h1-4H,5-7H2. The first kappa shape index (κ1) is 10.7. The molecule has 13 heavy (non-hydrogen) atoms. The minimum absolute atomic E-state index is 0.187. The molecule has 0 aliphatic heterocycles. The second kappa shape index (κ2) is 5.40. The first-order valence-electron chi connectivity index (χ1n) is 3.97. The van der Waals surface area contributed by atoms with Crippen LogP contribution in [0.4, 0.5) is 0 Å². The van der Waals surface area contributed by atoms with Gasteiger partial charge in [-0.2, -0.15) is 0 Å². The van der Waals surface area contributed by atoms with E-state index < -0.39 is 0 Å². The highest BCUT2D eigenvalue weighted by atomic mass is 79.9. The zero-order valence-corrected chi connectivity index (χ0v) is 9.44. The molecule has 0 spiro atoms. The molecule has 0 bridgehead atoms. The Kier molecular flexibility index (Phi) is 4.46. The molecule has 1 nitrogen and oxygen atoms in total. The maximum atomic E-state index is 11.1. The van der Waals surface area contributed by atoms with Crippen LogP contribution >= 0.6 is 27.5 Å². The van der Waals surface area contributed by atoms with E-state index in [1.54, 1.807) is 0 Å². The average molecular weight is 262 g/mol. The molecule has 0 heterocycles. The number of alkyl halides is 2. The Hall–Kier alpha value is -0.340. The van der Waals surface area contributed by atoms with E-state index in [1.807, 2.05) is 24.3 Å². The zero-order valence-electron chi connectivity index (χ0n) is 7.09. The summed E-state index contributed by atoms with van der Waals surface area (Å²) in [5, 5.41) is 0.415. The molecule has 3 heteroatoms. The molecule has 0 saturated carbocycles. The number of rotatable bonds is 4. The summed E-state index contributed by atoms with van der Waals surface area (Å²) in [4.78, 5) is 11.1. The fraction of sp³-hybridized carbons (Fsp3) is 0.300. The number of carbonyl (C=O) groups excluding carboxylic acids is 1. The maximum absolute atomic E-state index is 11.1. The predicted molar refractivity (Wildman–Crippen MR) is 58.5 cm³/mol. The van der Waals surface area contributed by atoms with Gasteiger partial charge >= 0.3 is 0 Å². The molecule has 70 valence electrons. The third-order valence-corrected chi connectivity index (χ3v) is 2.63. The van der Waals surface area contributed by atoms with E-state index in [0.29, 0.717) is 17.6 Å². The molecule has 0 saturated heterocycles. The van der Waals surface area contributed by atoms with Gasteiger partial charge in [-0.3, -0.25) is 4.79 Å². The summed E-state index contributed by atoms with van der Waals surface area (Å²) in [6, 6.07) is 7.79. The van der Waals surface area contributed by atoms with Crippen molar-refractivity contribution in [2.24, 2.45) is 0 Å². The van der Waals surface area contributed by atoms with Crippen molar-refractivity contribution in [3.63, 3.8) is 0 Å². The summed E-state index contributed by atoms with van der Waals surface area (Å²) < 4.78 is 0. The summed E-state index contributed by atoms with van der Waals surface area (Å²) >= 11 is 8.81. The maximum Gasteiger partial charge on any atom is 0.147 e. The normalized spacial score (nSPS) is 10.0. The van der Waals surface area contributed by atoms with Gasteiger partial charge in [0.25, 0.3) is 0 Å². The van der Waals surface area contributed by atoms with E-state index in [4.69, 9.17) is 11.6 Å². The number of benzene rings is 1. The molecular formula is C10H10BrClO. The Morgan fingerprint density at radius 2 is 2.08 bits per heavy atom. The van der Waals surface area contributed by atoms with Crippen LogP contribution in [0.5, 0.6) is 0 Å². The van der Waals surface area contributed by atoms with E-state index in [1.165, 1.54) is 0 Å². The highest BCUT2D eigenvalue weighted by Crippen LogP contribution is 2.09. The molecule has 1 aromatic rings. The summed E-state index contributed by atoms with van der Waals surface area (Å²) in [5.41, 5.74) is 2.09. The van der Waals surface area contributed by atoms with Gasteiger partial charge in [0.2, 0.25) is 0 Å². The van der Waals surface area contributed by atoms with Gasteiger partial charge in [-0.25, -0.2) is 0 Å². The van der Waals surface area contributed by atoms with Crippen LogP contribution in [0.25, 0.3) is 0 Å². The predicted octanol–water partition coefficient (Wildman–Crippen LogP) is 2.93. The van der Waals surface area contributed by atoms with E-state index in [2.05, 4.69) is 15.9 Å². The Morgan fingerprint density at radius 1 is 1.38 bits per heavy atom. The van der Waals surface area contributed by atoms with Crippen LogP contribution in [-0.2, 0) is 17.1 Å². The van der Waals surface area contributed by atoms with Gasteiger partial charge in [-0.05, 0) is 11.1 Å². The summed E-state index contributed by atoms with van der Waals surface area (Å²) in [7, 11) is 0. The lowest BCUT2D eigenvalue weighted by atomic mass is 10.1. The van der Waals surface area contributed by atoms with E-state index >= 15 is 0 Å². The lowest BCUT2D eigenvalue weighted by Crippen LogP contribution is -2.03. The van der Waals surface area contributed by atoms with Crippen LogP contribution in [0.1, 0.15) is 11.1 Å². The molecule has 0 atom stereocenters. The van der Waals surface area contributed by atoms with Gasteiger partial charge < -0.3 is 0 Å². The van der Waals surface area contributed by atoms with Crippen LogP contribution < -0.4 is 0 Å². The second-order valence-corrected chi connectivity index (χ2v) is 3.63. The van der Waals surface area contributed by atoms with Gasteiger partial charge in [0.05, 0.1) is 5.33 Å². The van der Waals surface area contributed by atoms with Gasteiger partial charge in [0.1, 0.15) is 5.78 Å². The largest absolute Gasteiger partial charge is 0.298 e. The number of ketones is 1. The number of Topliss-reactive ketones (excluding diaryl/α,β-unsaturated/α-hetero) is 1. The van der Waals surface area contributed by atoms with E-state index in [-0.39, 0.29) is 5.78 Å². The van der Waals surface area contributed by atoms with Gasteiger partial charge in [0, 0.05) is 12.3 Å². The van der Waals surface area contributed by atoms with E-state index in [9.17, 15) is 4.79 Å². The molecule has 0 aromatic heterocycles. The molecule has 1 aromatic carbocycles. The Morgan fingerprint density at radius 3 is 2.69 bits per heavy atom. The van der Waals surface area contributed by atoms with Crippen LogP contribution in [0.3, 0.4) is 0 Å². The highest BCUT2D eigenvalue weighted by Gasteiger charge is 2.01. The molecule has 0 N–H and O–H groups in total. The van der Waals surface area contributed by atoms with Gasteiger partial charge in [0.15, 0.2) is 0 Å². The minimum atomic E-state index is 0.187. The Bertz CT molecular complexity index is 299. The Labute approximate surface area is 91.2 Å². The molecule has 0 unspecified atom stereocenters. The highest BCUT2D eigenvalue weighted by molar-refractivity contribution is 9.09. The lowest BCUT2D eigenvalue weighted by Gasteiger charge is -2.00. The van der Waals surface area contributed by atoms with E-state index in [0.717, 1.165) is 11.1 Å². The summed E-state index contributed by atoms with van der Waals surface area (Å²) in [6.45, 7) is 0.